The second kappa shape index (κ2) is 8.93. The van der Waals surface area contributed by atoms with Crippen LogP contribution in [0.2, 0.25) is 0 Å². The van der Waals surface area contributed by atoms with Crippen molar-refractivity contribution >= 4 is 28.9 Å². The Morgan fingerprint density at radius 2 is 2.04 bits per heavy atom. The highest BCUT2D eigenvalue weighted by Crippen LogP contribution is 2.14. The van der Waals surface area contributed by atoms with Crippen LogP contribution in [0.5, 0.6) is 5.75 Å². The fraction of sp³-hybridized carbons (Fsp3) is 0.294. The molecule has 2 aromatic rings. The predicted molar refractivity (Wildman–Crippen MR) is 95.1 cm³/mol. The maximum Gasteiger partial charge on any atom is 0.341 e. The van der Waals surface area contributed by atoms with Crippen LogP contribution in [0.3, 0.4) is 0 Å². The first-order valence-corrected chi connectivity index (χ1v) is 8.57. The number of aromatic nitrogens is 1. The van der Waals surface area contributed by atoms with Crippen LogP contribution in [0.25, 0.3) is 0 Å². The van der Waals surface area contributed by atoms with Crippen LogP contribution in [0.1, 0.15) is 29.6 Å². The van der Waals surface area contributed by atoms with Gasteiger partial charge in [-0.3, -0.25) is 4.79 Å². The third-order valence-corrected chi connectivity index (χ3v) is 4.03. The molecule has 0 saturated heterocycles. The van der Waals surface area contributed by atoms with Crippen LogP contribution in [0.4, 0.5) is 0 Å². The van der Waals surface area contributed by atoms with Gasteiger partial charge in [-0.2, -0.15) is 5.10 Å². The SMILES string of the molecule is CC/C(=N/NC(=O)Cc1csc(C)n1)c1ccc(OCC(=O)O)cc1. The Labute approximate surface area is 149 Å². The number of nitrogens with zero attached hydrogens (tertiary/aromatic N) is 2. The Balaban J connectivity index is 1.96. The summed E-state index contributed by atoms with van der Waals surface area (Å²) in [5.41, 5.74) is 4.82. The van der Waals surface area contributed by atoms with Crippen molar-refractivity contribution in [1.29, 1.82) is 0 Å². The minimum Gasteiger partial charge on any atom is -0.482 e. The molecule has 0 aliphatic rings. The van der Waals surface area contributed by atoms with E-state index in [-0.39, 0.29) is 18.9 Å². The molecule has 2 rings (SSSR count). The summed E-state index contributed by atoms with van der Waals surface area (Å²) in [7, 11) is 0. The summed E-state index contributed by atoms with van der Waals surface area (Å²) in [4.78, 5) is 26.7. The molecule has 0 aliphatic carbocycles. The largest absolute Gasteiger partial charge is 0.482 e. The highest BCUT2D eigenvalue weighted by atomic mass is 32.1. The number of amides is 1. The highest BCUT2D eigenvalue weighted by Gasteiger charge is 2.07. The average molecular weight is 361 g/mol. The molecule has 0 radical (unpaired) electrons. The van der Waals surface area contributed by atoms with Gasteiger partial charge in [0.1, 0.15) is 5.75 Å². The summed E-state index contributed by atoms with van der Waals surface area (Å²) in [6.45, 7) is 3.44. The number of benzene rings is 1. The number of rotatable bonds is 8. The molecule has 0 aliphatic heterocycles. The number of nitrogens with one attached hydrogen (secondary N) is 1. The van der Waals surface area contributed by atoms with E-state index in [1.165, 1.54) is 11.3 Å². The standard InChI is InChI=1S/C17H19N3O4S/c1-3-15(12-4-6-14(7-5-12)24-9-17(22)23)19-20-16(21)8-13-10-25-11(2)18-13/h4-7,10H,3,8-9H2,1-2H3,(H,20,21)(H,22,23)/b19-15-. The number of hydrogen-bond acceptors (Lipinski definition) is 6. The zero-order valence-corrected chi connectivity index (χ0v) is 14.8. The number of hydrogen-bond donors (Lipinski definition) is 2. The fourth-order valence-corrected chi connectivity index (χ4v) is 2.67. The molecule has 1 aromatic heterocycles. The number of aryl methyl sites for hydroxylation is 1. The molecule has 0 saturated carbocycles. The Kier molecular flexibility index (Phi) is 6.64. The van der Waals surface area contributed by atoms with Gasteiger partial charge in [-0.05, 0) is 43.2 Å². The molecular weight excluding hydrogens is 342 g/mol. The Bertz CT molecular complexity index is 768. The number of ether oxygens (including phenoxy) is 1. The lowest BCUT2D eigenvalue weighted by molar-refractivity contribution is -0.139. The molecule has 1 heterocycles. The van der Waals surface area contributed by atoms with E-state index in [4.69, 9.17) is 9.84 Å². The summed E-state index contributed by atoms with van der Waals surface area (Å²) in [5, 5.41) is 15.6. The molecule has 0 fully saturated rings. The molecule has 1 aromatic carbocycles. The number of carbonyl (C=O) groups is 2. The quantitative estimate of drug-likeness (QED) is 0.555. The van der Waals surface area contributed by atoms with Gasteiger partial charge >= 0.3 is 5.97 Å². The second-order valence-corrected chi connectivity index (χ2v) is 6.25. The van der Waals surface area contributed by atoms with Gasteiger partial charge in [0.25, 0.3) is 0 Å². The lowest BCUT2D eigenvalue weighted by atomic mass is 10.1. The second-order valence-electron chi connectivity index (χ2n) is 5.19. The van der Waals surface area contributed by atoms with Gasteiger partial charge in [-0.25, -0.2) is 15.2 Å². The molecule has 0 atom stereocenters. The van der Waals surface area contributed by atoms with E-state index in [9.17, 15) is 9.59 Å². The Morgan fingerprint density at radius 3 is 2.60 bits per heavy atom. The van der Waals surface area contributed by atoms with Crippen molar-refractivity contribution in [3.8, 4) is 5.75 Å². The number of thiazole rings is 1. The molecule has 0 unspecified atom stereocenters. The topological polar surface area (TPSA) is 101 Å². The smallest absolute Gasteiger partial charge is 0.341 e. The van der Waals surface area contributed by atoms with E-state index in [0.29, 0.717) is 17.9 Å². The van der Waals surface area contributed by atoms with Gasteiger partial charge in [0.05, 0.1) is 22.8 Å². The van der Waals surface area contributed by atoms with E-state index in [1.807, 2.05) is 19.2 Å². The molecule has 8 heteroatoms. The molecule has 0 spiro atoms. The van der Waals surface area contributed by atoms with Crippen LogP contribution >= 0.6 is 11.3 Å². The van der Waals surface area contributed by atoms with E-state index in [2.05, 4.69) is 15.5 Å². The van der Waals surface area contributed by atoms with Gasteiger partial charge in [0.15, 0.2) is 6.61 Å². The number of carbonyl (C=O) groups excluding carboxylic acids is 1. The summed E-state index contributed by atoms with van der Waals surface area (Å²) >= 11 is 1.50. The highest BCUT2D eigenvalue weighted by molar-refractivity contribution is 7.09. The lowest BCUT2D eigenvalue weighted by Crippen LogP contribution is -2.22. The third kappa shape index (κ3) is 6.00. The first-order chi connectivity index (χ1) is 12.0. The Hall–Kier alpha value is -2.74. The van der Waals surface area contributed by atoms with Crippen molar-refractivity contribution in [3.63, 3.8) is 0 Å². The molecule has 0 bridgehead atoms. The first kappa shape index (κ1) is 18.6. The van der Waals surface area contributed by atoms with E-state index in [1.54, 1.807) is 24.3 Å². The van der Waals surface area contributed by atoms with Crippen molar-refractivity contribution in [2.24, 2.45) is 5.10 Å². The third-order valence-electron chi connectivity index (χ3n) is 3.21. The molecule has 7 nitrogen and oxygen atoms in total. The van der Waals surface area contributed by atoms with E-state index >= 15 is 0 Å². The number of carboxylic acids is 1. The zero-order valence-electron chi connectivity index (χ0n) is 14.0. The number of aliphatic carboxylic acids is 1. The molecule has 1 amide bonds. The normalized spacial score (nSPS) is 11.2. The molecular formula is C17H19N3O4S. The minimum absolute atomic E-state index is 0.187. The van der Waals surface area contributed by atoms with Crippen molar-refractivity contribution in [1.82, 2.24) is 10.4 Å². The maximum atomic E-state index is 11.9. The summed E-state index contributed by atoms with van der Waals surface area (Å²) in [5.74, 6) is -0.792. The van der Waals surface area contributed by atoms with Crippen LogP contribution in [0, 0.1) is 6.92 Å². The monoisotopic (exact) mass is 361 g/mol. The molecule has 25 heavy (non-hydrogen) atoms. The van der Waals surface area contributed by atoms with Crippen molar-refractivity contribution in [2.75, 3.05) is 6.61 Å². The van der Waals surface area contributed by atoms with Crippen molar-refractivity contribution in [3.05, 3.63) is 45.9 Å². The minimum atomic E-state index is -1.03. The van der Waals surface area contributed by atoms with Gasteiger partial charge < -0.3 is 9.84 Å². The van der Waals surface area contributed by atoms with Crippen LogP contribution in [0.15, 0.2) is 34.7 Å². The Morgan fingerprint density at radius 1 is 1.32 bits per heavy atom. The van der Waals surface area contributed by atoms with E-state index < -0.39 is 5.97 Å². The fourth-order valence-electron chi connectivity index (χ4n) is 2.06. The van der Waals surface area contributed by atoms with Crippen molar-refractivity contribution < 1.29 is 19.4 Å². The van der Waals surface area contributed by atoms with Gasteiger partial charge in [-0.1, -0.05) is 6.92 Å². The van der Waals surface area contributed by atoms with Crippen molar-refractivity contribution in [2.45, 2.75) is 26.7 Å². The van der Waals surface area contributed by atoms with Crippen LogP contribution < -0.4 is 10.2 Å². The van der Waals surface area contributed by atoms with Gasteiger partial charge in [-0.15, -0.1) is 11.3 Å². The summed E-state index contributed by atoms with van der Waals surface area (Å²) in [6, 6.07) is 6.89. The van der Waals surface area contributed by atoms with Gasteiger partial charge in [0.2, 0.25) is 5.91 Å². The lowest BCUT2D eigenvalue weighted by Gasteiger charge is -2.07. The van der Waals surface area contributed by atoms with Crippen LogP contribution in [-0.2, 0) is 16.0 Å². The number of hydrazone groups is 1. The number of carboxylic acid groups (broad SMARTS) is 1. The van der Waals surface area contributed by atoms with E-state index in [0.717, 1.165) is 16.3 Å². The zero-order chi connectivity index (χ0) is 18.2. The predicted octanol–water partition coefficient (Wildman–Crippen LogP) is 2.39. The van der Waals surface area contributed by atoms with Crippen LogP contribution in [-0.4, -0.2) is 34.3 Å². The molecule has 2 N–H and O–H groups in total. The summed E-state index contributed by atoms with van der Waals surface area (Å²) < 4.78 is 5.09. The summed E-state index contributed by atoms with van der Waals surface area (Å²) in [6.07, 6.45) is 0.818. The maximum absolute atomic E-state index is 11.9. The molecule has 132 valence electrons. The first-order valence-electron chi connectivity index (χ1n) is 7.69. The van der Waals surface area contributed by atoms with Gasteiger partial charge in [0, 0.05) is 5.38 Å². The average Bonchev–Trinajstić information content (AvgIpc) is 2.99.